The quantitative estimate of drug-likeness (QED) is 0.841. The Labute approximate surface area is 119 Å². The predicted molar refractivity (Wildman–Crippen MR) is 79.7 cm³/mol. The van der Waals surface area contributed by atoms with Crippen LogP contribution in [0.4, 0.5) is 11.4 Å². The highest BCUT2D eigenvalue weighted by atomic mass is 32.2. The molecule has 0 bridgehead atoms. The fraction of sp³-hybridized carbons (Fsp3) is 0.462. The number of benzene rings is 1. The number of likely N-dealkylation sites (N-methyl/N-ethyl adjacent to an activating group) is 1. The number of amides is 1. The summed E-state index contributed by atoms with van der Waals surface area (Å²) in [7, 11) is -1.44. The zero-order valence-electron chi connectivity index (χ0n) is 11.6. The Bertz CT molecular complexity index is 601. The maximum atomic E-state index is 12.3. The van der Waals surface area contributed by atoms with Gasteiger partial charge < -0.3 is 15.5 Å². The van der Waals surface area contributed by atoms with Crippen molar-refractivity contribution in [3.05, 3.63) is 24.3 Å². The molecule has 0 fully saturated rings. The number of sulfone groups is 1. The van der Waals surface area contributed by atoms with Gasteiger partial charge in [-0.2, -0.15) is 0 Å². The molecule has 110 valence electrons. The van der Waals surface area contributed by atoms with Crippen LogP contribution in [0, 0.1) is 0 Å². The fourth-order valence-electron chi connectivity index (χ4n) is 2.04. The summed E-state index contributed by atoms with van der Waals surface area (Å²) in [5.41, 5.74) is 1.85. The molecule has 2 N–H and O–H groups in total. The van der Waals surface area contributed by atoms with Crippen molar-refractivity contribution in [3.8, 4) is 0 Å². The highest BCUT2D eigenvalue weighted by Crippen LogP contribution is 2.25. The summed E-state index contributed by atoms with van der Waals surface area (Å²) in [6, 6.07) is 7.28. The van der Waals surface area contributed by atoms with Crippen LogP contribution in [0.25, 0.3) is 0 Å². The number of anilines is 2. The molecule has 0 saturated carbocycles. The maximum absolute atomic E-state index is 12.3. The number of para-hydroxylation sites is 2. The SMILES string of the molecule is CN(CCS(C)(=O)=O)C(=O)C1CNc2ccccc2N1. The van der Waals surface area contributed by atoms with E-state index in [-0.39, 0.29) is 24.2 Å². The molecular weight excluding hydrogens is 278 g/mol. The molecule has 1 atom stereocenters. The van der Waals surface area contributed by atoms with Gasteiger partial charge in [-0.25, -0.2) is 8.42 Å². The van der Waals surface area contributed by atoms with Gasteiger partial charge in [0, 0.05) is 26.4 Å². The second kappa shape index (κ2) is 5.70. The van der Waals surface area contributed by atoms with Crippen LogP contribution in [0.2, 0.25) is 0 Å². The third kappa shape index (κ3) is 3.63. The second-order valence-electron chi connectivity index (χ2n) is 5.01. The van der Waals surface area contributed by atoms with Gasteiger partial charge in [-0.15, -0.1) is 0 Å². The molecule has 6 nitrogen and oxygen atoms in total. The number of carbonyl (C=O) groups excluding carboxylic acids is 1. The average molecular weight is 297 g/mol. The highest BCUT2D eigenvalue weighted by molar-refractivity contribution is 7.90. The lowest BCUT2D eigenvalue weighted by atomic mass is 10.1. The summed E-state index contributed by atoms with van der Waals surface area (Å²) in [5.74, 6) is -0.137. The number of rotatable bonds is 4. The monoisotopic (exact) mass is 297 g/mol. The first-order valence-electron chi connectivity index (χ1n) is 6.39. The summed E-state index contributed by atoms with van der Waals surface area (Å²) in [5, 5.41) is 6.36. The number of hydrogen-bond donors (Lipinski definition) is 2. The summed E-state index contributed by atoms with van der Waals surface area (Å²) < 4.78 is 22.3. The molecule has 0 radical (unpaired) electrons. The molecule has 1 amide bonds. The van der Waals surface area contributed by atoms with Crippen molar-refractivity contribution < 1.29 is 13.2 Å². The molecule has 0 saturated heterocycles. The number of carbonyl (C=O) groups is 1. The van der Waals surface area contributed by atoms with Crippen molar-refractivity contribution in [2.45, 2.75) is 6.04 Å². The molecule has 0 aliphatic carbocycles. The van der Waals surface area contributed by atoms with E-state index >= 15 is 0 Å². The van der Waals surface area contributed by atoms with Gasteiger partial charge in [0.15, 0.2) is 0 Å². The minimum Gasteiger partial charge on any atom is -0.381 e. The molecule has 2 rings (SSSR count). The summed E-state index contributed by atoms with van der Waals surface area (Å²) >= 11 is 0. The van der Waals surface area contributed by atoms with Crippen LogP contribution >= 0.6 is 0 Å². The topological polar surface area (TPSA) is 78.5 Å². The average Bonchev–Trinajstić information content (AvgIpc) is 2.42. The summed E-state index contributed by atoms with van der Waals surface area (Å²) in [6.45, 7) is 0.691. The van der Waals surface area contributed by atoms with Gasteiger partial charge in [0.05, 0.1) is 17.1 Å². The van der Waals surface area contributed by atoms with E-state index in [9.17, 15) is 13.2 Å². The van der Waals surface area contributed by atoms with Crippen molar-refractivity contribution in [1.29, 1.82) is 0 Å². The van der Waals surface area contributed by atoms with Crippen molar-refractivity contribution in [1.82, 2.24) is 4.90 Å². The van der Waals surface area contributed by atoms with Crippen LogP contribution in [-0.2, 0) is 14.6 Å². The number of hydrogen-bond acceptors (Lipinski definition) is 5. The largest absolute Gasteiger partial charge is 0.381 e. The van der Waals surface area contributed by atoms with Gasteiger partial charge >= 0.3 is 0 Å². The van der Waals surface area contributed by atoms with Crippen LogP contribution in [0.1, 0.15) is 0 Å². The third-order valence-corrected chi connectivity index (χ3v) is 4.15. The van der Waals surface area contributed by atoms with E-state index < -0.39 is 9.84 Å². The molecule has 1 aliphatic heterocycles. The standard InChI is InChI=1S/C13H19N3O3S/c1-16(7-8-20(2,18)19)13(17)12-9-14-10-5-3-4-6-11(10)15-12/h3-6,12,14-15H,7-9H2,1-2H3. The van der Waals surface area contributed by atoms with E-state index in [0.29, 0.717) is 6.54 Å². The lowest BCUT2D eigenvalue weighted by Crippen LogP contribution is -2.47. The maximum Gasteiger partial charge on any atom is 0.246 e. The minimum atomic E-state index is -3.06. The smallest absolute Gasteiger partial charge is 0.246 e. The Kier molecular flexibility index (Phi) is 4.17. The lowest BCUT2D eigenvalue weighted by molar-refractivity contribution is -0.130. The Morgan fingerprint density at radius 1 is 1.35 bits per heavy atom. The van der Waals surface area contributed by atoms with Gasteiger partial charge in [-0.1, -0.05) is 12.1 Å². The first-order chi connectivity index (χ1) is 9.37. The van der Waals surface area contributed by atoms with E-state index in [4.69, 9.17) is 0 Å². The second-order valence-corrected chi connectivity index (χ2v) is 7.27. The van der Waals surface area contributed by atoms with Gasteiger partial charge in [0.2, 0.25) is 5.91 Å². The van der Waals surface area contributed by atoms with E-state index in [1.807, 2.05) is 24.3 Å². The van der Waals surface area contributed by atoms with Crippen LogP contribution in [0.15, 0.2) is 24.3 Å². The van der Waals surface area contributed by atoms with Crippen molar-refractivity contribution in [2.24, 2.45) is 0 Å². The molecule has 1 heterocycles. The van der Waals surface area contributed by atoms with Crippen molar-refractivity contribution in [3.63, 3.8) is 0 Å². The van der Waals surface area contributed by atoms with Crippen LogP contribution < -0.4 is 10.6 Å². The Balaban J connectivity index is 1.97. The highest BCUT2D eigenvalue weighted by Gasteiger charge is 2.26. The van der Waals surface area contributed by atoms with Crippen LogP contribution in [0.3, 0.4) is 0 Å². The van der Waals surface area contributed by atoms with Crippen molar-refractivity contribution in [2.75, 3.05) is 42.8 Å². The van der Waals surface area contributed by atoms with Crippen LogP contribution in [0.5, 0.6) is 0 Å². The van der Waals surface area contributed by atoms with Crippen molar-refractivity contribution >= 4 is 27.1 Å². The Hall–Kier alpha value is -1.76. The van der Waals surface area contributed by atoms with Gasteiger partial charge in [-0.05, 0) is 12.1 Å². The fourth-order valence-corrected chi connectivity index (χ4v) is 2.65. The molecular formula is C13H19N3O3S. The Morgan fingerprint density at radius 3 is 2.65 bits per heavy atom. The predicted octanol–water partition coefficient (Wildman–Crippen LogP) is 0.396. The molecule has 0 spiro atoms. The zero-order chi connectivity index (χ0) is 14.8. The number of fused-ring (bicyclic) bond motifs is 1. The summed E-state index contributed by atoms with van der Waals surface area (Å²) in [6.07, 6.45) is 1.17. The van der Waals surface area contributed by atoms with Crippen LogP contribution in [-0.4, -0.2) is 57.4 Å². The van der Waals surface area contributed by atoms with Gasteiger partial charge in [0.1, 0.15) is 15.9 Å². The third-order valence-electron chi connectivity index (χ3n) is 3.23. The van der Waals surface area contributed by atoms with Gasteiger partial charge in [-0.3, -0.25) is 4.79 Å². The lowest BCUT2D eigenvalue weighted by Gasteiger charge is -2.30. The van der Waals surface area contributed by atoms with E-state index in [0.717, 1.165) is 11.4 Å². The molecule has 1 aromatic carbocycles. The first-order valence-corrected chi connectivity index (χ1v) is 8.45. The summed E-state index contributed by atoms with van der Waals surface area (Å²) in [4.78, 5) is 13.7. The normalized spacial score (nSPS) is 17.6. The molecule has 20 heavy (non-hydrogen) atoms. The number of nitrogens with zero attached hydrogens (tertiary/aromatic N) is 1. The van der Waals surface area contributed by atoms with E-state index in [1.165, 1.54) is 11.2 Å². The number of nitrogens with one attached hydrogen (secondary N) is 2. The van der Waals surface area contributed by atoms with E-state index in [1.54, 1.807) is 7.05 Å². The zero-order valence-corrected chi connectivity index (χ0v) is 12.4. The molecule has 0 aromatic heterocycles. The van der Waals surface area contributed by atoms with E-state index in [2.05, 4.69) is 10.6 Å². The molecule has 7 heteroatoms. The molecule has 1 aromatic rings. The molecule has 1 unspecified atom stereocenters. The first kappa shape index (κ1) is 14.6. The van der Waals surface area contributed by atoms with Gasteiger partial charge in [0.25, 0.3) is 0 Å². The minimum absolute atomic E-state index is 0.0218. The Morgan fingerprint density at radius 2 is 2.00 bits per heavy atom. The molecule has 1 aliphatic rings.